The molecule has 2 nitrogen and oxygen atoms in total. The number of nitriles is 1. The third kappa shape index (κ3) is 2.95. The summed E-state index contributed by atoms with van der Waals surface area (Å²) in [5.74, 6) is -0.463. The van der Waals surface area contributed by atoms with Crippen LogP contribution in [0.3, 0.4) is 0 Å². The Morgan fingerprint density at radius 2 is 2.14 bits per heavy atom. The van der Waals surface area contributed by atoms with Crippen molar-refractivity contribution in [3.05, 3.63) is 62.5 Å². The zero-order valence-electron chi connectivity index (χ0n) is 11.1. The fourth-order valence-electron chi connectivity index (χ4n) is 1.87. The summed E-state index contributed by atoms with van der Waals surface area (Å²) in [6, 6.07) is 10.4. The number of aromatic nitrogens is 1. The molecule has 0 aliphatic carbocycles. The minimum Gasteiger partial charge on any atom is -0.234 e. The average Bonchev–Trinajstić information content (AvgIpc) is 3.18. The van der Waals surface area contributed by atoms with Gasteiger partial charge in [-0.1, -0.05) is 23.7 Å². The maximum atomic E-state index is 13.8. The van der Waals surface area contributed by atoms with E-state index in [1.165, 1.54) is 29.5 Å². The minimum atomic E-state index is -0.463. The number of allylic oxidation sites excluding steroid dienone is 1. The first-order valence-electron chi connectivity index (χ1n) is 6.24. The number of nitrogens with zero attached hydrogens (tertiary/aromatic N) is 2. The normalized spacial score (nSPS) is 11.4. The lowest BCUT2D eigenvalue weighted by Crippen LogP contribution is -1.86. The highest BCUT2D eigenvalue weighted by Gasteiger charge is 2.12. The highest BCUT2D eigenvalue weighted by molar-refractivity contribution is 7.14. The van der Waals surface area contributed by atoms with Crippen LogP contribution in [0.25, 0.3) is 22.2 Å². The summed E-state index contributed by atoms with van der Waals surface area (Å²) >= 11 is 8.92. The number of hydrogen-bond acceptors (Lipinski definition) is 4. The zero-order valence-corrected chi connectivity index (χ0v) is 13.5. The van der Waals surface area contributed by atoms with Crippen molar-refractivity contribution < 1.29 is 4.39 Å². The number of rotatable bonds is 3. The first kappa shape index (κ1) is 14.9. The summed E-state index contributed by atoms with van der Waals surface area (Å²) in [6.45, 7) is 0. The zero-order chi connectivity index (χ0) is 15.5. The Labute approximate surface area is 139 Å². The third-order valence-electron chi connectivity index (χ3n) is 2.92. The average molecular weight is 347 g/mol. The fourth-order valence-corrected chi connectivity index (χ4v) is 3.63. The van der Waals surface area contributed by atoms with Gasteiger partial charge in [0.15, 0.2) is 0 Å². The van der Waals surface area contributed by atoms with Crippen molar-refractivity contribution in [2.45, 2.75) is 0 Å². The molecule has 0 atom stereocenters. The lowest BCUT2D eigenvalue weighted by molar-refractivity contribution is 0.625. The lowest BCUT2D eigenvalue weighted by atomic mass is 10.1. The van der Waals surface area contributed by atoms with Gasteiger partial charge in [0.05, 0.1) is 21.2 Å². The van der Waals surface area contributed by atoms with Crippen LogP contribution in [0.4, 0.5) is 4.39 Å². The van der Waals surface area contributed by atoms with Crippen molar-refractivity contribution in [3.8, 4) is 16.6 Å². The van der Waals surface area contributed by atoms with Crippen LogP contribution in [0.15, 0.2) is 41.1 Å². The number of thiophene rings is 1. The molecular formula is C16H8ClFN2S2. The van der Waals surface area contributed by atoms with Gasteiger partial charge in [-0.15, -0.1) is 22.7 Å². The second kappa shape index (κ2) is 6.41. The fraction of sp³-hybridized carbons (Fsp3) is 0. The Balaban J connectivity index is 2.02. The molecule has 0 fully saturated rings. The van der Waals surface area contributed by atoms with Crippen molar-refractivity contribution in [1.29, 1.82) is 5.26 Å². The van der Waals surface area contributed by atoms with E-state index in [2.05, 4.69) is 11.1 Å². The highest BCUT2D eigenvalue weighted by Crippen LogP contribution is 2.31. The predicted molar refractivity (Wildman–Crippen MR) is 90.3 cm³/mol. The van der Waals surface area contributed by atoms with Crippen molar-refractivity contribution in [2.75, 3.05) is 0 Å². The molecule has 2 heterocycles. The maximum Gasteiger partial charge on any atom is 0.134 e. The van der Waals surface area contributed by atoms with Gasteiger partial charge in [0.1, 0.15) is 16.9 Å². The summed E-state index contributed by atoms with van der Waals surface area (Å²) < 4.78 is 13.8. The summed E-state index contributed by atoms with van der Waals surface area (Å²) in [4.78, 5) is 5.48. The molecule has 22 heavy (non-hydrogen) atoms. The van der Waals surface area contributed by atoms with E-state index in [4.69, 9.17) is 11.6 Å². The Kier molecular flexibility index (Phi) is 4.34. The van der Waals surface area contributed by atoms with Gasteiger partial charge in [0.2, 0.25) is 0 Å². The van der Waals surface area contributed by atoms with E-state index in [-0.39, 0.29) is 10.6 Å². The van der Waals surface area contributed by atoms with Crippen LogP contribution in [-0.4, -0.2) is 4.98 Å². The van der Waals surface area contributed by atoms with E-state index >= 15 is 0 Å². The molecule has 1 aromatic carbocycles. The molecule has 0 aliphatic rings. The molecule has 3 aromatic rings. The number of benzene rings is 1. The largest absolute Gasteiger partial charge is 0.234 e. The summed E-state index contributed by atoms with van der Waals surface area (Å²) in [7, 11) is 0. The van der Waals surface area contributed by atoms with Gasteiger partial charge in [-0.05, 0) is 29.7 Å². The summed E-state index contributed by atoms with van der Waals surface area (Å²) in [6.07, 6.45) is 1.44. The van der Waals surface area contributed by atoms with Crippen LogP contribution < -0.4 is 0 Å². The molecule has 0 bridgehead atoms. The van der Waals surface area contributed by atoms with E-state index in [1.54, 1.807) is 17.4 Å². The van der Waals surface area contributed by atoms with Gasteiger partial charge >= 0.3 is 0 Å². The molecular weight excluding hydrogens is 339 g/mol. The van der Waals surface area contributed by atoms with Crippen LogP contribution in [-0.2, 0) is 0 Å². The molecule has 0 radical (unpaired) electrons. The molecule has 2 aromatic heterocycles. The third-order valence-corrected chi connectivity index (χ3v) is 5.01. The standard InChI is InChI=1S/C16H8ClFN2S2/c17-12-3-1-4-13(18)11(12)7-10(8-19)16-20-14(9-22-16)15-5-2-6-21-15/h1-7,9H/b10-7-. The molecule has 0 spiro atoms. The first-order valence-corrected chi connectivity index (χ1v) is 8.38. The van der Waals surface area contributed by atoms with Crippen molar-refractivity contribution >= 4 is 45.9 Å². The Hall–Kier alpha value is -2.00. The van der Waals surface area contributed by atoms with Gasteiger partial charge in [0.25, 0.3) is 0 Å². The van der Waals surface area contributed by atoms with E-state index in [0.717, 1.165) is 10.6 Å². The molecule has 0 amide bonds. The molecule has 0 saturated carbocycles. The van der Waals surface area contributed by atoms with Gasteiger partial charge in [-0.3, -0.25) is 0 Å². The van der Waals surface area contributed by atoms with Crippen LogP contribution >= 0.6 is 34.3 Å². The van der Waals surface area contributed by atoms with Gasteiger partial charge in [0, 0.05) is 10.9 Å². The number of halogens is 2. The van der Waals surface area contributed by atoms with Crippen LogP contribution in [0, 0.1) is 17.1 Å². The second-order valence-corrected chi connectivity index (χ2v) is 6.53. The van der Waals surface area contributed by atoms with Gasteiger partial charge < -0.3 is 0 Å². The lowest BCUT2D eigenvalue weighted by Gasteiger charge is -2.00. The molecule has 6 heteroatoms. The van der Waals surface area contributed by atoms with Gasteiger partial charge in [-0.2, -0.15) is 5.26 Å². The Bertz CT molecular complexity index is 856. The molecule has 0 saturated heterocycles. The molecule has 3 rings (SSSR count). The smallest absolute Gasteiger partial charge is 0.134 e. The van der Waals surface area contributed by atoms with E-state index < -0.39 is 5.82 Å². The minimum absolute atomic E-state index is 0.202. The highest BCUT2D eigenvalue weighted by atomic mass is 35.5. The van der Waals surface area contributed by atoms with Crippen molar-refractivity contribution in [2.24, 2.45) is 0 Å². The van der Waals surface area contributed by atoms with Crippen LogP contribution in [0.1, 0.15) is 10.6 Å². The summed E-state index contributed by atoms with van der Waals surface area (Å²) in [5, 5.41) is 14.0. The predicted octanol–water partition coefficient (Wildman–Crippen LogP) is 5.73. The Morgan fingerprint density at radius 3 is 2.82 bits per heavy atom. The first-order chi connectivity index (χ1) is 10.7. The SMILES string of the molecule is N#C/C(=C/c1c(F)cccc1Cl)c1nc(-c2cccs2)cs1. The summed E-state index contributed by atoms with van der Waals surface area (Å²) in [5.41, 5.74) is 1.31. The topological polar surface area (TPSA) is 36.7 Å². The number of hydrogen-bond donors (Lipinski definition) is 0. The van der Waals surface area contributed by atoms with Crippen LogP contribution in [0.5, 0.6) is 0 Å². The number of thiazole rings is 1. The molecule has 0 aliphatic heterocycles. The van der Waals surface area contributed by atoms with E-state index in [9.17, 15) is 9.65 Å². The van der Waals surface area contributed by atoms with Crippen molar-refractivity contribution in [1.82, 2.24) is 4.98 Å². The molecule has 108 valence electrons. The quantitative estimate of drug-likeness (QED) is 0.568. The van der Waals surface area contributed by atoms with Gasteiger partial charge in [-0.25, -0.2) is 9.37 Å². The second-order valence-electron chi connectivity index (χ2n) is 4.32. The molecule has 0 N–H and O–H groups in total. The monoisotopic (exact) mass is 346 g/mol. The maximum absolute atomic E-state index is 13.8. The van der Waals surface area contributed by atoms with E-state index in [0.29, 0.717) is 10.6 Å². The van der Waals surface area contributed by atoms with E-state index in [1.807, 2.05) is 22.9 Å². The molecule has 0 unspecified atom stereocenters. The van der Waals surface area contributed by atoms with Crippen LogP contribution in [0.2, 0.25) is 5.02 Å². The van der Waals surface area contributed by atoms with Crippen molar-refractivity contribution in [3.63, 3.8) is 0 Å². The Morgan fingerprint density at radius 1 is 1.27 bits per heavy atom.